The topological polar surface area (TPSA) is 0 Å². The van der Waals surface area contributed by atoms with Crippen LogP contribution in [0.5, 0.6) is 0 Å². The molecule has 7 aromatic carbocycles. The van der Waals surface area contributed by atoms with E-state index in [-0.39, 0.29) is 5.41 Å². The Morgan fingerprint density at radius 2 is 1.25 bits per heavy atom. The van der Waals surface area contributed by atoms with E-state index < -0.39 is 0 Å². The van der Waals surface area contributed by atoms with Gasteiger partial charge in [0.2, 0.25) is 0 Å². The minimum Gasteiger partial charge on any atom is -0.139 e. The molecule has 0 fully saturated rings. The Labute approximate surface area is 332 Å². The van der Waals surface area contributed by atoms with E-state index in [4.69, 9.17) is 0 Å². The summed E-state index contributed by atoms with van der Waals surface area (Å²) in [6.45, 7) is 4.96. The number of thiophene rings is 1. The number of fused-ring (bicyclic) bond motifs is 13. The highest BCUT2D eigenvalue weighted by atomic mass is 32.1. The first-order chi connectivity index (χ1) is 27.5. The lowest BCUT2D eigenvalue weighted by molar-refractivity contribution is 0.656. The first-order valence-corrected chi connectivity index (χ1v) is 21.3. The molecule has 0 spiro atoms. The van der Waals surface area contributed by atoms with Crippen molar-refractivity contribution in [2.75, 3.05) is 0 Å². The number of rotatable bonds is 3. The first-order valence-electron chi connectivity index (χ1n) is 20.5. The molecule has 0 saturated carbocycles. The molecular formula is C55H42S. The van der Waals surface area contributed by atoms with Crippen molar-refractivity contribution in [3.05, 3.63) is 183 Å². The van der Waals surface area contributed by atoms with E-state index in [0.717, 1.165) is 32.1 Å². The van der Waals surface area contributed by atoms with Crippen molar-refractivity contribution >= 4 is 71.5 Å². The standard InChI is InChI=1S/C55H42S/c1-55(2)47-29-28-36(32-46(47)51-43-22-9-10-23-44(43)54-52(53(51)55)45-24-11-12-25-48(45)56-54)35-16-13-17-37(31-35)49-39-18-5-7-20-41(39)50(42-21-8-6-19-40(42)49)38-27-26-33-14-3-4-15-34(33)30-38/h3,5-11,13-14,16-24,26-27,29-32,36H,4,12,15,25,28H2,1-2H3. The van der Waals surface area contributed by atoms with Crippen molar-refractivity contribution < 1.29 is 0 Å². The monoisotopic (exact) mass is 734 g/mol. The highest BCUT2D eigenvalue weighted by Crippen LogP contribution is 2.59. The fourth-order valence-corrected chi connectivity index (χ4v) is 12.3. The van der Waals surface area contributed by atoms with Gasteiger partial charge in [0.05, 0.1) is 0 Å². The summed E-state index contributed by atoms with van der Waals surface area (Å²) < 4.78 is 1.47. The number of benzene rings is 7. The van der Waals surface area contributed by atoms with Gasteiger partial charge in [-0.2, -0.15) is 0 Å². The number of allylic oxidation sites excluding steroid dienone is 6. The summed E-state index contributed by atoms with van der Waals surface area (Å²) in [6, 6.07) is 44.0. The van der Waals surface area contributed by atoms with Gasteiger partial charge in [-0.05, 0) is 126 Å². The maximum Gasteiger partial charge on any atom is 0.0433 e. The average molecular weight is 735 g/mol. The Hall–Kier alpha value is -5.76. The minimum absolute atomic E-state index is 0.0648. The Morgan fingerprint density at radius 3 is 1.98 bits per heavy atom. The van der Waals surface area contributed by atoms with E-state index in [0.29, 0.717) is 5.92 Å². The van der Waals surface area contributed by atoms with E-state index in [1.807, 2.05) is 11.3 Å². The summed E-state index contributed by atoms with van der Waals surface area (Å²) in [5, 5.41) is 9.58. The van der Waals surface area contributed by atoms with Crippen LogP contribution in [-0.4, -0.2) is 0 Å². The van der Waals surface area contributed by atoms with Crippen LogP contribution < -0.4 is 0 Å². The second-order valence-electron chi connectivity index (χ2n) is 16.9. The second kappa shape index (κ2) is 12.1. The van der Waals surface area contributed by atoms with Gasteiger partial charge in [-0.25, -0.2) is 0 Å². The van der Waals surface area contributed by atoms with Crippen LogP contribution in [0.15, 0.2) is 145 Å². The van der Waals surface area contributed by atoms with Gasteiger partial charge in [0.15, 0.2) is 0 Å². The Balaban J connectivity index is 1.03. The molecule has 0 bridgehead atoms. The molecule has 1 aromatic heterocycles. The first kappa shape index (κ1) is 32.5. The number of aryl methyl sites for hydroxylation is 2. The molecule has 0 saturated heterocycles. The molecular weight excluding hydrogens is 693 g/mol. The smallest absolute Gasteiger partial charge is 0.0433 e. The fraction of sp³-hybridized carbons (Fsp3) is 0.164. The fourth-order valence-electron chi connectivity index (χ4n) is 10.9. The molecule has 0 nitrogen and oxygen atoms in total. The summed E-state index contributed by atoms with van der Waals surface area (Å²) >= 11 is 2.04. The SMILES string of the molecule is CC1(C)C2=CCC(c3cccc(-c4c5ccccc5c(-c5ccc6c(c5)CCC=C6)c5ccccc45)c3)C=C2c2c1c1c3c(sc1c1ccccc21)CCC=C3. The highest BCUT2D eigenvalue weighted by molar-refractivity contribution is 7.20. The van der Waals surface area contributed by atoms with Gasteiger partial charge in [0, 0.05) is 31.7 Å². The zero-order valence-electron chi connectivity index (χ0n) is 32.0. The molecule has 8 aromatic rings. The minimum atomic E-state index is -0.0648. The van der Waals surface area contributed by atoms with Crippen molar-refractivity contribution in [3.63, 3.8) is 0 Å². The molecule has 0 radical (unpaired) electrons. The normalized spacial score (nSPS) is 17.9. The van der Waals surface area contributed by atoms with Crippen LogP contribution in [0.25, 0.3) is 82.4 Å². The molecule has 0 N–H and O–H groups in total. The molecule has 12 rings (SSSR count). The van der Waals surface area contributed by atoms with Gasteiger partial charge in [-0.3, -0.25) is 0 Å². The predicted octanol–water partition coefficient (Wildman–Crippen LogP) is 15.4. The predicted molar refractivity (Wildman–Crippen MR) is 243 cm³/mol. The van der Waals surface area contributed by atoms with Gasteiger partial charge in [0.1, 0.15) is 0 Å². The van der Waals surface area contributed by atoms with Gasteiger partial charge in [0.25, 0.3) is 0 Å². The largest absolute Gasteiger partial charge is 0.139 e. The van der Waals surface area contributed by atoms with E-state index in [2.05, 4.69) is 166 Å². The summed E-state index contributed by atoms with van der Waals surface area (Å²) in [4.78, 5) is 1.55. The molecule has 1 atom stereocenters. The van der Waals surface area contributed by atoms with Crippen LogP contribution in [0.1, 0.15) is 77.3 Å². The Bertz CT molecular complexity index is 3080. The molecule has 56 heavy (non-hydrogen) atoms. The molecule has 0 amide bonds. The Kier molecular flexibility index (Phi) is 7.03. The molecule has 1 heteroatoms. The zero-order chi connectivity index (χ0) is 37.1. The maximum absolute atomic E-state index is 2.64. The van der Waals surface area contributed by atoms with E-state index in [1.165, 1.54) is 109 Å². The number of hydrogen-bond acceptors (Lipinski definition) is 1. The van der Waals surface area contributed by atoms with E-state index >= 15 is 0 Å². The van der Waals surface area contributed by atoms with Crippen LogP contribution in [0.2, 0.25) is 0 Å². The summed E-state index contributed by atoms with van der Waals surface area (Å²) in [5.74, 6) is 0.294. The quantitative estimate of drug-likeness (QED) is 0.159. The number of hydrogen-bond donors (Lipinski definition) is 0. The van der Waals surface area contributed by atoms with Crippen molar-refractivity contribution in [2.24, 2.45) is 0 Å². The van der Waals surface area contributed by atoms with Gasteiger partial charge in [-0.1, -0.05) is 166 Å². The molecule has 4 aliphatic rings. The van der Waals surface area contributed by atoms with Crippen molar-refractivity contribution in [2.45, 2.75) is 57.3 Å². The van der Waals surface area contributed by atoms with Crippen molar-refractivity contribution in [1.82, 2.24) is 0 Å². The van der Waals surface area contributed by atoms with Gasteiger partial charge < -0.3 is 0 Å². The highest BCUT2D eigenvalue weighted by Gasteiger charge is 2.43. The van der Waals surface area contributed by atoms with Crippen LogP contribution in [0.4, 0.5) is 0 Å². The van der Waals surface area contributed by atoms with Crippen LogP contribution in [0.3, 0.4) is 0 Å². The summed E-state index contributed by atoms with van der Waals surface area (Å²) in [5.41, 5.74) is 16.8. The van der Waals surface area contributed by atoms with Crippen molar-refractivity contribution in [1.29, 1.82) is 0 Å². The second-order valence-corrected chi connectivity index (χ2v) is 18.0. The lowest BCUT2D eigenvalue weighted by Gasteiger charge is -2.27. The van der Waals surface area contributed by atoms with Crippen LogP contribution in [0, 0.1) is 0 Å². The molecule has 1 heterocycles. The lowest BCUT2D eigenvalue weighted by Crippen LogP contribution is -2.17. The lowest BCUT2D eigenvalue weighted by atomic mass is 9.76. The van der Waals surface area contributed by atoms with E-state index in [9.17, 15) is 0 Å². The third-order valence-electron chi connectivity index (χ3n) is 13.4. The summed E-state index contributed by atoms with van der Waals surface area (Å²) in [7, 11) is 0. The molecule has 268 valence electrons. The third-order valence-corrected chi connectivity index (χ3v) is 14.7. The summed E-state index contributed by atoms with van der Waals surface area (Å²) in [6.07, 6.45) is 20.1. The average Bonchev–Trinajstić information content (AvgIpc) is 3.74. The van der Waals surface area contributed by atoms with Crippen molar-refractivity contribution in [3.8, 4) is 22.3 Å². The molecule has 4 aliphatic carbocycles. The van der Waals surface area contributed by atoms with Gasteiger partial charge in [-0.15, -0.1) is 11.3 Å². The third kappa shape index (κ3) is 4.58. The maximum atomic E-state index is 2.64. The van der Waals surface area contributed by atoms with Crippen LogP contribution >= 0.6 is 11.3 Å². The molecule has 0 aliphatic heterocycles. The Morgan fingerprint density at radius 1 is 0.607 bits per heavy atom. The van der Waals surface area contributed by atoms with Gasteiger partial charge >= 0.3 is 0 Å². The zero-order valence-corrected chi connectivity index (χ0v) is 32.8. The van der Waals surface area contributed by atoms with Crippen LogP contribution in [-0.2, 0) is 18.3 Å². The van der Waals surface area contributed by atoms with E-state index in [1.54, 1.807) is 4.88 Å². The molecule has 1 unspecified atom stereocenters.